The van der Waals surface area contributed by atoms with Gasteiger partial charge in [-0.25, -0.2) is 4.98 Å². The Kier molecular flexibility index (Phi) is 5.01. The monoisotopic (exact) mass is 311 g/mol. The van der Waals surface area contributed by atoms with Gasteiger partial charge in [-0.3, -0.25) is 0 Å². The number of hydrogen-bond donors (Lipinski definition) is 2. The average Bonchev–Trinajstić information content (AvgIpc) is 2.41. The van der Waals surface area contributed by atoms with Gasteiger partial charge in [-0.2, -0.15) is 0 Å². The Labute approximate surface area is 118 Å². The summed E-state index contributed by atoms with van der Waals surface area (Å²) >= 11 is 3.60. The minimum absolute atomic E-state index is 0.343. The predicted molar refractivity (Wildman–Crippen MR) is 79.7 cm³/mol. The molecule has 0 radical (unpaired) electrons. The fraction of sp³-hybridized carbons (Fsp3) is 0.643. The van der Waals surface area contributed by atoms with Gasteiger partial charge in [-0.15, -0.1) is 0 Å². The van der Waals surface area contributed by atoms with E-state index in [2.05, 4.69) is 33.2 Å². The summed E-state index contributed by atoms with van der Waals surface area (Å²) in [4.78, 5) is 4.41. The van der Waals surface area contributed by atoms with Crippen LogP contribution in [-0.4, -0.2) is 17.6 Å². The molecule has 0 amide bonds. The van der Waals surface area contributed by atoms with Crippen LogP contribution >= 0.6 is 15.9 Å². The second kappa shape index (κ2) is 6.53. The lowest BCUT2D eigenvalue weighted by molar-refractivity contribution is 0.320. The van der Waals surface area contributed by atoms with E-state index >= 15 is 0 Å². The van der Waals surface area contributed by atoms with E-state index in [-0.39, 0.29) is 0 Å². The van der Waals surface area contributed by atoms with Crippen LogP contribution in [0.2, 0.25) is 0 Å². The third kappa shape index (κ3) is 3.23. The van der Waals surface area contributed by atoms with E-state index in [0.29, 0.717) is 18.5 Å². The minimum atomic E-state index is 0.343. The summed E-state index contributed by atoms with van der Waals surface area (Å²) < 4.78 is 1.05. The van der Waals surface area contributed by atoms with Crippen molar-refractivity contribution in [3.8, 4) is 0 Å². The highest BCUT2D eigenvalue weighted by atomic mass is 79.9. The second-order valence-corrected chi connectivity index (χ2v) is 5.97. The summed E-state index contributed by atoms with van der Waals surface area (Å²) in [6.45, 7) is 2.75. The number of pyridine rings is 1. The number of anilines is 1. The second-order valence-electron chi connectivity index (χ2n) is 5.18. The molecule has 0 aromatic carbocycles. The number of nitrogens with two attached hydrogens (primary N) is 1. The van der Waals surface area contributed by atoms with Gasteiger partial charge < -0.3 is 11.1 Å². The van der Waals surface area contributed by atoms with Crippen molar-refractivity contribution in [2.45, 2.75) is 45.1 Å². The van der Waals surface area contributed by atoms with Crippen LogP contribution in [0.1, 0.15) is 37.7 Å². The van der Waals surface area contributed by atoms with Gasteiger partial charge in [0.05, 0.1) is 4.47 Å². The Morgan fingerprint density at radius 1 is 1.44 bits per heavy atom. The van der Waals surface area contributed by atoms with E-state index in [4.69, 9.17) is 5.73 Å². The summed E-state index contributed by atoms with van der Waals surface area (Å²) in [5.74, 6) is 1.62. The first kappa shape index (κ1) is 13.8. The molecule has 1 saturated carbocycles. The van der Waals surface area contributed by atoms with Gasteiger partial charge in [0.15, 0.2) is 0 Å². The molecule has 1 aromatic heterocycles. The summed E-state index contributed by atoms with van der Waals surface area (Å²) in [7, 11) is 0. The summed E-state index contributed by atoms with van der Waals surface area (Å²) in [5, 5.41) is 3.52. The molecule has 3 nitrogen and oxygen atoms in total. The molecular weight excluding hydrogens is 290 g/mol. The maximum Gasteiger partial charge on any atom is 0.140 e. The van der Waals surface area contributed by atoms with Gasteiger partial charge in [-0.1, -0.05) is 19.3 Å². The summed E-state index contributed by atoms with van der Waals surface area (Å²) in [6, 6.07) is 2.35. The molecule has 3 N–H and O–H groups in total. The van der Waals surface area contributed by atoms with Gasteiger partial charge >= 0.3 is 0 Å². The van der Waals surface area contributed by atoms with Crippen molar-refractivity contribution >= 4 is 21.7 Å². The third-order valence-electron chi connectivity index (χ3n) is 3.88. The number of hydrogen-bond acceptors (Lipinski definition) is 3. The zero-order valence-electron chi connectivity index (χ0n) is 11.0. The van der Waals surface area contributed by atoms with Gasteiger partial charge in [0.1, 0.15) is 5.82 Å². The Bertz CT molecular complexity index is 389. The molecular formula is C14H22BrN3. The highest BCUT2D eigenvalue weighted by Gasteiger charge is 2.23. The van der Waals surface area contributed by atoms with E-state index < -0.39 is 0 Å². The maximum absolute atomic E-state index is 5.93. The van der Waals surface area contributed by atoms with Crippen LogP contribution in [0.25, 0.3) is 0 Å². The Balaban J connectivity index is 2.07. The summed E-state index contributed by atoms with van der Waals surface area (Å²) in [5.41, 5.74) is 7.13. The van der Waals surface area contributed by atoms with Crippen LogP contribution in [0, 0.1) is 12.8 Å². The van der Waals surface area contributed by atoms with Crippen LogP contribution in [0.3, 0.4) is 0 Å². The van der Waals surface area contributed by atoms with Gasteiger partial charge in [0.25, 0.3) is 0 Å². The van der Waals surface area contributed by atoms with Crippen molar-refractivity contribution in [2.75, 3.05) is 11.9 Å². The lowest BCUT2D eigenvalue weighted by Crippen LogP contribution is -2.37. The van der Waals surface area contributed by atoms with Crippen molar-refractivity contribution in [1.82, 2.24) is 4.98 Å². The first-order valence-corrected chi connectivity index (χ1v) is 7.59. The molecule has 0 aliphatic heterocycles. The molecule has 1 heterocycles. The molecule has 1 atom stereocenters. The van der Waals surface area contributed by atoms with Crippen molar-refractivity contribution in [2.24, 2.45) is 11.7 Å². The van der Waals surface area contributed by atoms with Gasteiger partial charge in [0.2, 0.25) is 0 Å². The van der Waals surface area contributed by atoms with Crippen LogP contribution in [0.4, 0.5) is 5.82 Å². The van der Waals surface area contributed by atoms with E-state index in [1.165, 1.54) is 37.7 Å². The average molecular weight is 312 g/mol. The SMILES string of the molecule is Cc1ccnc(NC(CN)C2CCCCC2)c1Br. The van der Waals surface area contributed by atoms with Crippen molar-refractivity contribution in [1.29, 1.82) is 0 Å². The Hall–Kier alpha value is -0.610. The molecule has 0 bridgehead atoms. The largest absolute Gasteiger partial charge is 0.365 e. The Morgan fingerprint density at radius 2 is 2.17 bits per heavy atom. The van der Waals surface area contributed by atoms with Gasteiger partial charge in [-0.05, 0) is 53.2 Å². The molecule has 1 aliphatic rings. The Morgan fingerprint density at radius 3 is 2.83 bits per heavy atom. The third-order valence-corrected chi connectivity index (χ3v) is 4.88. The molecule has 1 fully saturated rings. The van der Waals surface area contributed by atoms with Crippen LogP contribution in [-0.2, 0) is 0 Å². The topological polar surface area (TPSA) is 50.9 Å². The number of aromatic nitrogens is 1. The van der Waals surface area contributed by atoms with E-state index in [0.717, 1.165) is 10.3 Å². The molecule has 0 saturated heterocycles. The lowest BCUT2D eigenvalue weighted by Gasteiger charge is -2.30. The normalized spacial score (nSPS) is 18.6. The molecule has 100 valence electrons. The molecule has 1 aromatic rings. The smallest absolute Gasteiger partial charge is 0.140 e. The predicted octanol–water partition coefficient (Wildman–Crippen LogP) is 3.47. The van der Waals surface area contributed by atoms with Crippen LogP contribution < -0.4 is 11.1 Å². The zero-order chi connectivity index (χ0) is 13.0. The summed E-state index contributed by atoms with van der Waals surface area (Å²) in [6.07, 6.45) is 8.48. The number of rotatable bonds is 4. The highest BCUT2D eigenvalue weighted by Crippen LogP contribution is 2.30. The van der Waals surface area contributed by atoms with Crippen molar-refractivity contribution < 1.29 is 0 Å². The number of nitrogens with zero attached hydrogens (tertiary/aromatic N) is 1. The first-order chi connectivity index (χ1) is 8.72. The molecule has 1 aliphatic carbocycles. The van der Waals surface area contributed by atoms with E-state index in [1.807, 2.05) is 12.3 Å². The van der Waals surface area contributed by atoms with E-state index in [1.54, 1.807) is 0 Å². The molecule has 2 rings (SSSR count). The number of aryl methyl sites for hydroxylation is 1. The van der Waals surface area contributed by atoms with Crippen molar-refractivity contribution in [3.63, 3.8) is 0 Å². The van der Waals surface area contributed by atoms with Gasteiger partial charge in [0, 0.05) is 18.8 Å². The molecule has 18 heavy (non-hydrogen) atoms. The lowest BCUT2D eigenvalue weighted by atomic mass is 9.84. The number of halogens is 1. The zero-order valence-corrected chi connectivity index (χ0v) is 12.5. The molecule has 0 spiro atoms. The number of nitrogens with one attached hydrogen (secondary N) is 1. The van der Waals surface area contributed by atoms with Crippen LogP contribution in [0.15, 0.2) is 16.7 Å². The first-order valence-electron chi connectivity index (χ1n) is 6.80. The van der Waals surface area contributed by atoms with E-state index in [9.17, 15) is 0 Å². The fourth-order valence-corrected chi connectivity index (χ4v) is 3.07. The minimum Gasteiger partial charge on any atom is -0.365 e. The highest BCUT2D eigenvalue weighted by molar-refractivity contribution is 9.10. The van der Waals surface area contributed by atoms with Crippen LogP contribution in [0.5, 0.6) is 0 Å². The fourth-order valence-electron chi connectivity index (χ4n) is 2.72. The van der Waals surface area contributed by atoms with Crippen molar-refractivity contribution in [3.05, 3.63) is 22.3 Å². The maximum atomic E-state index is 5.93. The standard InChI is InChI=1S/C14H22BrN3/c1-10-7-8-17-14(13(10)15)18-12(9-16)11-5-3-2-4-6-11/h7-8,11-12H,2-6,9,16H2,1H3,(H,17,18). The quantitative estimate of drug-likeness (QED) is 0.895. The molecule has 1 unspecified atom stereocenters. The molecule has 4 heteroatoms.